The van der Waals surface area contributed by atoms with E-state index in [4.69, 9.17) is 0 Å². The molecule has 0 aliphatic carbocycles. The second-order valence-electron chi connectivity index (χ2n) is 2.79. The number of rotatable bonds is 3. The molecule has 0 atom stereocenters. The van der Waals surface area contributed by atoms with Crippen molar-refractivity contribution in [2.24, 2.45) is 0 Å². The Labute approximate surface area is 83.7 Å². The number of nitrogens with zero attached hydrogens (tertiary/aromatic N) is 2. The van der Waals surface area contributed by atoms with Crippen LogP contribution in [0, 0.1) is 0 Å². The van der Waals surface area contributed by atoms with Crippen LogP contribution >= 0.6 is 0 Å². The normalized spacial score (nSPS) is 11.2. The van der Waals surface area contributed by atoms with Gasteiger partial charge in [-0.3, -0.25) is 0 Å². The quantitative estimate of drug-likeness (QED) is 0.826. The molecule has 1 heterocycles. The summed E-state index contributed by atoms with van der Waals surface area (Å²) in [5, 5.41) is 4.23. The van der Waals surface area contributed by atoms with Crippen molar-refractivity contribution in [2.75, 3.05) is 0 Å². The summed E-state index contributed by atoms with van der Waals surface area (Å²) in [6, 6.07) is 2.46. The van der Waals surface area contributed by atoms with Gasteiger partial charge in [0, 0.05) is 0 Å². The zero-order valence-corrected chi connectivity index (χ0v) is 10.2. The van der Waals surface area contributed by atoms with E-state index in [0.717, 1.165) is 0 Å². The Balaban J connectivity index is 2.91. The second-order valence-corrected chi connectivity index (χ2v) is 3.77. The molecule has 0 aromatic carbocycles. The van der Waals surface area contributed by atoms with Crippen LogP contribution in [0.1, 0.15) is 25.6 Å². The van der Waals surface area contributed by atoms with Crippen LogP contribution in [-0.4, -0.2) is 14.2 Å². The summed E-state index contributed by atoms with van der Waals surface area (Å²) < 4.78 is 4.10. The third-order valence-corrected chi connectivity index (χ3v) is 2.10. The van der Waals surface area contributed by atoms with Crippen molar-refractivity contribution in [1.29, 1.82) is 0 Å². The second kappa shape index (κ2) is 4.51. The molecule has 0 saturated heterocycles. The Morgan fingerprint density at radius 1 is 1.58 bits per heavy atom. The van der Waals surface area contributed by atoms with Crippen molar-refractivity contribution in [1.82, 2.24) is 9.78 Å². The van der Waals surface area contributed by atoms with E-state index in [9.17, 15) is 0 Å². The minimum absolute atomic E-state index is 0.434. The first-order valence-electron chi connectivity index (χ1n) is 3.91. The number of aromatic nitrogens is 2. The van der Waals surface area contributed by atoms with Crippen LogP contribution in [0.3, 0.4) is 0 Å². The van der Waals surface area contributed by atoms with Crippen molar-refractivity contribution in [3.63, 3.8) is 0 Å². The van der Waals surface area contributed by atoms with Gasteiger partial charge in [-0.15, -0.1) is 0 Å². The molecule has 1 rings (SSSR count). The first-order chi connectivity index (χ1) is 5.75. The molecule has 2 nitrogen and oxygen atoms in total. The topological polar surface area (TPSA) is 17.8 Å². The van der Waals surface area contributed by atoms with Crippen LogP contribution in [0.25, 0.3) is 6.08 Å². The maximum atomic E-state index is 4.23. The molecule has 0 bridgehead atoms. The van der Waals surface area contributed by atoms with Gasteiger partial charge in [0.1, 0.15) is 0 Å². The third kappa shape index (κ3) is 2.25. The van der Waals surface area contributed by atoms with Gasteiger partial charge in [-0.2, -0.15) is 0 Å². The summed E-state index contributed by atoms with van der Waals surface area (Å²) in [4.78, 5) is 0. The maximum absolute atomic E-state index is 4.23. The summed E-state index contributed by atoms with van der Waals surface area (Å²) in [6.07, 6.45) is 5.98. The zero-order chi connectivity index (χ0) is 8.97. The molecule has 0 aliphatic rings. The molecule has 0 saturated carbocycles. The van der Waals surface area contributed by atoms with Crippen molar-refractivity contribution in [2.45, 2.75) is 19.9 Å². The SMILES string of the molecule is CC(C)n1nccc1/C=C\[CH]=[W]. The van der Waals surface area contributed by atoms with Crippen LogP contribution in [0.2, 0.25) is 0 Å². The summed E-state index contributed by atoms with van der Waals surface area (Å²) in [6.45, 7) is 4.26. The summed E-state index contributed by atoms with van der Waals surface area (Å²) >= 11 is 1.47. The fourth-order valence-corrected chi connectivity index (χ4v) is 1.31. The monoisotopic (exact) mass is 332 g/mol. The molecule has 12 heavy (non-hydrogen) atoms. The minimum atomic E-state index is 0.434. The van der Waals surface area contributed by atoms with Gasteiger partial charge in [-0.05, 0) is 0 Å². The summed E-state index contributed by atoms with van der Waals surface area (Å²) in [5.74, 6) is 0. The van der Waals surface area contributed by atoms with Crippen LogP contribution < -0.4 is 0 Å². The molecule has 64 valence electrons. The van der Waals surface area contributed by atoms with Crippen molar-refractivity contribution in [3.05, 3.63) is 24.0 Å². The van der Waals surface area contributed by atoms with Crippen LogP contribution in [0.4, 0.5) is 0 Å². The van der Waals surface area contributed by atoms with Gasteiger partial charge in [0.25, 0.3) is 0 Å². The van der Waals surface area contributed by atoms with Crippen LogP contribution in [-0.2, 0) is 19.4 Å². The Bertz CT molecular complexity index is 286. The molecule has 0 radical (unpaired) electrons. The van der Waals surface area contributed by atoms with Gasteiger partial charge < -0.3 is 0 Å². The molecule has 0 fully saturated rings. The fourth-order valence-electron chi connectivity index (χ4n) is 1.03. The molecular weight excluding hydrogens is 320 g/mol. The van der Waals surface area contributed by atoms with Crippen LogP contribution in [0.5, 0.6) is 0 Å². The average molecular weight is 332 g/mol. The molecule has 0 N–H and O–H groups in total. The third-order valence-electron chi connectivity index (χ3n) is 1.54. The van der Waals surface area contributed by atoms with Crippen molar-refractivity contribution >= 4 is 10.5 Å². The first-order valence-corrected chi connectivity index (χ1v) is 5.60. The van der Waals surface area contributed by atoms with Gasteiger partial charge >= 0.3 is 83.5 Å². The van der Waals surface area contributed by atoms with Crippen molar-refractivity contribution in [3.8, 4) is 0 Å². The Hall–Kier alpha value is -0.492. The van der Waals surface area contributed by atoms with Crippen molar-refractivity contribution < 1.29 is 19.4 Å². The van der Waals surface area contributed by atoms with E-state index >= 15 is 0 Å². The Morgan fingerprint density at radius 2 is 2.33 bits per heavy atom. The molecule has 0 amide bonds. The number of hydrogen-bond acceptors (Lipinski definition) is 1. The average Bonchev–Trinajstić information content (AvgIpc) is 2.48. The molecule has 1 aromatic rings. The van der Waals surface area contributed by atoms with E-state index in [1.807, 2.05) is 16.9 Å². The Kier molecular flexibility index (Phi) is 3.61. The molecule has 3 heteroatoms. The molecule has 1 aromatic heterocycles. The van der Waals surface area contributed by atoms with E-state index in [-0.39, 0.29) is 0 Å². The fraction of sp³-hybridized carbons (Fsp3) is 0.333. The van der Waals surface area contributed by atoms with Gasteiger partial charge in [0.15, 0.2) is 0 Å². The van der Waals surface area contributed by atoms with Crippen LogP contribution in [0.15, 0.2) is 18.3 Å². The first kappa shape index (κ1) is 9.60. The summed E-state index contributed by atoms with van der Waals surface area (Å²) in [5.41, 5.74) is 1.17. The Morgan fingerprint density at radius 3 is 2.92 bits per heavy atom. The van der Waals surface area contributed by atoms with E-state index in [0.29, 0.717) is 6.04 Å². The number of allylic oxidation sites excluding steroid dienone is 1. The standard InChI is InChI=1S/C9H12N2.W/c1-4-5-9-6-7-10-11(9)8(2)3;/h1,4-8H,2-3H3;/b5-4-;. The zero-order valence-electron chi connectivity index (χ0n) is 7.27. The van der Waals surface area contributed by atoms with Gasteiger partial charge in [0.05, 0.1) is 0 Å². The molecule has 0 unspecified atom stereocenters. The van der Waals surface area contributed by atoms with E-state index in [2.05, 4.69) is 35.5 Å². The predicted octanol–water partition coefficient (Wildman–Crippen LogP) is 1.83. The number of hydrogen-bond donors (Lipinski definition) is 0. The van der Waals surface area contributed by atoms with Gasteiger partial charge in [-0.1, -0.05) is 0 Å². The molecule has 0 spiro atoms. The van der Waals surface area contributed by atoms with Gasteiger partial charge in [0.2, 0.25) is 0 Å². The predicted molar refractivity (Wildman–Crippen MR) is 47.7 cm³/mol. The molecule has 0 aliphatic heterocycles. The van der Waals surface area contributed by atoms with E-state index in [1.54, 1.807) is 0 Å². The summed E-state index contributed by atoms with van der Waals surface area (Å²) in [7, 11) is 0. The van der Waals surface area contributed by atoms with E-state index < -0.39 is 0 Å². The molecular formula is C9H12N2W. The van der Waals surface area contributed by atoms with E-state index in [1.165, 1.54) is 25.0 Å². The van der Waals surface area contributed by atoms with Gasteiger partial charge in [-0.25, -0.2) is 0 Å².